The number of nitrogens with one attached hydrogen (secondary N) is 7. The van der Waals surface area contributed by atoms with Gasteiger partial charge in [-0.1, -0.05) is 38.8 Å². The van der Waals surface area contributed by atoms with Gasteiger partial charge in [0.25, 0.3) is 17.4 Å². The minimum absolute atomic E-state index is 0.107. The molecule has 0 unspecified atom stereocenters. The second kappa shape index (κ2) is 46.7. The summed E-state index contributed by atoms with van der Waals surface area (Å²) < 4.78 is 36.9. The van der Waals surface area contributed by atoms with Crippen LogP contribution in [0.15, 0.2) is 142 Å². The third kappa shape index (κ3) is 31.0. The number of rotatable bonds is 25. The summed E-state index contributed by atoms with van der Waals surface area (Å²) in [7, 11) is 2.96. The molecule has 6 fully saturated rings. The predicted octanol–water partition coefficient (Wildman–Crippen LogP) is -0.107. The van der Waals surface area contributed by atoms with Crippen LogP contribution in [-0.2, 0) is 45.1 Å². The zero-order valence-electron chi connectivity index (χ0n) is 78.0. The Kier molecular flexibility index (Phi) is 39.8. The first-order valence-corrected chi connectivity index (χ1v) is 61.5. The van der Waals surface area contributed by atoms with Crippen molar-refractivity contribution >= 4 is 120 Å². The van der Waals surface area contributed by atoms with Crippen LogP contribution in [0.4, 0.5) is 9.59 Å². The van der Waals surface area contributed by atoms with Crippen molar-refractivity contribution < 1.29 is 114 Å². The summed E-state index contributed by atoms with van der Waals surface area (Å²) in [5, 5.41) is 151. The van der Waals surface area contributed by atoms with Crippen LogP contribution in [0.3, 0.4) is 0 Å². The largest absolute Gasteiger partial charge is 0.391 e. The SMILES string of the molecule is C#CC1=CN([C@@H]2O[C@H](CCP(=C)(C)C)[C@@H](O)[C@H]2O)C(=C)NC1=O.C=C1NC(=O)C(CO)=CN1[C@@H]1O[C@H](CCP(=C)(C)C)[C@@H](O)[C@H]1O.C=C1NC(=O)N(C)C=C1[C@@H]1O[C@H](CCP(=C)(C)C)[C@@H](O)[C@H]1O.C=C1NC(=O)NC=C1[C@@H]1O[C@H](CCP(=C)(C)C)[C@@H](O)[C@H]1O.C=C1NC(=S)NC=C1[C@@H]1O[C@H](CCP(=C)(C)C)[C@@H](O)[C@H]1O.C=P(C)(C)CC[C@H]1O[C@@H](n2ccc(=O)n(C)c2=O)[C@H](O)[C@@H]1O. The van der Waals surface area contributed by atoms with Crippen molar-refractivity contribution in [3.8, 4) is 12.3 Å². The molecule has 44 heteroatoms. The highest BCUT2D eigenvalue weighted by atomic mass is 32.1. The van der Waals surface area contributed by atoms with E-state index >= 15 is 0 Å². The maximum atomic E-state index is 12.1. The Hall–Kier alpha value is -6.55. The van der Waals surface area contributed by atoms with E-state index in [1.54, 1.807) is 19.4 Å². The molecule has 6 saturated heterocycles. The quantitative estimate of drug-likeness (QED) is 0.0345. The zero-order chi connectivity index (χ0) is 99.6. The highest BCUT2D eigenvalue weighted by Gasteiger charge is 2.52. The molecule has 0 spiro atoms. The molecule has 12 rings (SSSR count). The number of nitrogens with zero attached hydrogens (tertiary/aromatic N) is 5. The number of carbonyl (C=O) groups is 4. The molecule has 1 aromatic rings. The van der Waals surface area contributed by atoms with Crippen LogP contribution in [0.25, 0.3) is 0 Å². The fraction of sp³-hybridized carbons (Fsp3) is 0.580. The molecule has 132 heavy (non-hydrogen) atoms. The molecule has 0 aliphatic carbocycles. The standard InChI is InChI=1S/C16H23N2O4P.C15H25N2O5P.C15H25N2O4P.C14H23N2O5P.C14H23N2O4P.C14H23N2O3PS/c1-6-11-9-18(10(2)17-15(11)21)16-14(20)13(19)12(22-16)7-8-23(3,4)5;1-9-16-14(21)10(8-18)7-17(9)15-13(20)12(19)11(22-15)5-6-23(2,3)4;1-9-10(8-17(2)15(20)16-9)14-13(19)12(18)11(21-14)6-7-22(3,4)5;1-15-10(17)5-7-16(14(15)20)13-12(19)11(18)9(21-13)6-8-22(2,3)4;1-8-9(7-15-14(19)16-8)13-12(18)11(17)10(20-13)5-6-21(2,3)4;1-8-9(7-15-14(21)16-8)13-12(18)11(17)10(19-13)5-6-20(2,3)4/h1,9,12-14,16,19-20H,2-3,7-8H2,4-5H3,(H,17,21);7,11-13,15,18-20H,1-2,5-6,8H2,3-4H3,(H,16,21);8,11-14,18-19H,1,3,6-7H2,2,4-5H3,(H,16,20);5,7,9,11-13,18-19H,2,6,8H2,1,3-4H3;7,10-13,17-18H,1-2,5-6H2,3-4H3,(H2,15,16,19);7,10-13,17-18H,1-2,5-6H2,3-4H3,(H2,15,16,21)/t12-,13-,14-,16-;11-,12-,13-,15-;11-,12-,13-,14+;9-,11-,12-,13-;2*10-,11-,12-,13+/m111111/s1. The second-order valence-corrected chi connectivity index (χ2v) is 64.9. The number of ether oxygens (including phenoxy) is 6. The first-order chi connectivity index (χ1) is 60.9. The molecule has 11 aliphatic rings. The number of aliphatic hydroxyl groups is 13. The number of carbonyl (C=O) groups excluding carboxylic acids is 4. The summed E-state index contributed by atoms with van der Waals surface area (Å²) >= 11 is 4.99. The normalized spacial score (nSPS) is 32.0. The highest BCUT2D eigenvalue weighted by molar-refractivity contribution is 7.80. The lowest BCUT2D eigenvalue weighted by molar-refractivity contribution is -0.120. The summed E-state index contributed by atoms with van der Waals surface area (Å²) in [5.74, 6) is 1.88. The summed E-state index contributed by atoms with van der Waals surface area (Å²) in [4.78, 5) is 73.8. The van der Waals surface area contributed by atoms with Gasteiger partial charge in [-0.25, -0.2) is 14.4 Å². The van der Waals surface area contributed by atoms with Crippen LogP contribution < -0.4 is 48.5 Å². The number of hydrogen-bond acceptors (Lipinski definition) is 28. The molecular weight excluding hydrogens is 1840 g/mol. The highest BCUT2D eigenvalue weighted by Crippen LogP contribution is 2.46. The number of urea groups is 2. The summed E-state index contributed by atoms with van der Waals surface area (Å²) in [6.45, 7) is 36.4. The van der Waals surface area contributed by atoms with Gasteiger partial charge in [-0.3, -0.25) is 23.5 Å². The lowest BCUT2D eigenvalue weighted by Gasteiger charge is -2.34. The minimum atomic E-state index is -1.27. The van der Waals surface area contributed by atoms with Gasteiger partial charge in [-0.15, -0.1) is 85.5 Å². The molecule has 0 saturated carbocycles. The number of thiocarbonyl (C=S) groups is 1. The smallest absolute Gasteiger partial charge is 0.332 e. The van der Waals surface area contributed by atoms with E-state index in [0.717, 1.165) is 46.1 Å². The Morgan fingerprint density at radius 2 is 0.742 bits per heavy atom. The minimum Gasteiger partial charge on any atom is -0.391 e. The first kappa shape index (κ1) is 112. The van der Waals surface area contributed by atoms with E-state index in [4.69, 9.17) is 47.1 Å². The van der Waals surface area contributed by atoms with Gasteiger partial charge in [0, 0.05) is 91.2 Å². The molecule has 1 aromatic heterocycles. The third-order valence-electron chi connectivity index (χ3n) is 22.9. The number of terminal acetylenes is 1. The van der Waals surface area contributed by atoms with Gasteiger partial charge in [0.2, 0.25) is 0 Å². The fourth-order valence-electron chi connectivity index (χ4n) is 15.1. The summed E-state index contributed by atoms with van der Waals surface area (Å²) in [6.07, 6.45) is 27.9. The van der Waals surface area contributed by atoms with Gasteiger partial charge in [0.05, 0.1) is 48.8 Å². The van der Waals surface area contributed by atoms with E-state index < -0.39 is 212 Å². The van der Waals surface area contributed by atoms with E-state index in [0.29, 0.717) is 77.4 Å². The van der Waals surface area contributed by atoms with Crippen LogP contribution in [0.2, 0.25) is 0 Å². The van der Waals surface area contributed by atoms with Crippen LogP contribution in [0.5, 0.6) is 0 Å². The first-order valence-electron chi connectivity index (χ1n) is 42.7. The van der Waals surface area contributed by atoms with Crippen molar-refractivity contribution in [3.05, 3.63) is 154 Å². The Balaban J connectivity index is 0.000000216. The van der Waals surface area contributed by atoms with Gasteiger partial charge in [-0.05, 0) is 168 Å². The molecule has 0 radical (unpaired) electrons. The van der Waals surface area contributed by atoms with Crippen molar-refractivity contribution in [2.75, 3.05) is 131 Å². The Morgan fingerprint density at radius 1 is 0.417 bits per heavy atom. The molecule has 20 N–H and O–H groups in total. The van der Waals surface area contributed by atoms with Crippen molar-refractivity contribution in [2.45, 2.75) is 185 Å². The lowest BCUT2D eigenvalue weighted by atomic mass is 9.99. The Morgan fingerprint density at radius 3 is 1.11 bits per heavy atom. The number of amides is 6. The molecular formula is C88H142N12O25P6S. The van der Waals surface area contributed by atoms with Crippen molar-refractivity contribution in [1.82, 2.24) is 61.1 Å². The molecule has 11 aliphatic heterocycles. The van der Waals surface area contributed by atoms with Crippen LogP contribution >= 0.6 is 53.5 Å². The predicted molar refractivity (Wildman–Crippen MR) is 536 cm³/mol. The molecule has 740 valence electrons. The monoisotopic (exact) mass is 1980 g/mol. The van der Waals surface area contributed by atoms with Gasteiger partial charge in [-0.2, -0.15) is 0 Å². The molecule has 37 nitrogen and oxygen atoms in total. The average Bonchev–Trinajstić information content (AvgIpc) is 1.61. The molecule has 0 aromatic carbocycles. The fourth-order valence-corrected chi connectivity index (χ4v) is 21.0. The van der Waals surface area contributed by atoms with E-state index in [1.165, 1.54) is 52.6 Å². The number of hydrogen-bond donors (Lipinski definition) is 20. The van der Waals surface area contributed by atoms with Crippen LogP contribution in [0.1, 0.15) is 44.8 Å². The van der Waals surface area contributed by atoms with Crippen molar-refractivity contribution in [2.24, 2.45) is 7.05 Å². The second-order valence-electron chi connectivity index (χ2n) is 38.5. The molecule has 6 amide bonds. The van der Waals surface area contributed by atoms with Crippen LogP contribution in [0, 0.1) is 12.3 Å². The van der Waals surface area contributed by atoms with Gasteiger partial charge >= 0.3 is 17.8 Å². The lowest BCUT2D eigenvalue weighted by Crippen LogP contribution is -2.48. The van der Waals surface area contributed by atoms with Crippen molar-refractivity contribution in [1.29, 1.82) is 0 Å². The maximum absolute atomic E-state index is 12.1. The topological polar surface area (TPSA) is 525 Å². The molecule has 24 atom stereocenters. The van der Waals surface area contributed by atoms with E-state index in [9.17, 15) is 95.2 Å². The number of aliphatic hydroxyl groups excluding tert-OH is 13. The van der Waals surface area contributed by atoms with E-state index in [2.05, 4.69) is 194 Å². The number of aromatic nitrogens is 2. The van der Waals surface area contributed by atoms with Gasteiger partial charge < -0.3 is 147 Å². The van der Waals surface area contributed by atoms with E-state index in [1.807, 2.05) is 0 Å². The molecule has 12 heterocycles. The van der Waals surface area contributed by atoms with Gasteiger partial charge in [0.1, 0.15) is 109 Å². The Labute approximate surface area is 780 Å². The third-order valence-corrected chi connectivity index (χ3v) is 32.0. The zero-order valence-corrected chi connectivity index (χ0v) is 84.2. The van der Waals surface area contributed by atoms with Crippen molar-refractivity contribution in [3.63, 3.8) is 0 Å². The Bertz CT molecular complexity index is 5010. The summed E-state index contributed by atoms with van der Waals surface area (Å²) in [6, 6.07) is 0.556. The van der Waals surface area contributed by atoms with Crippen LogP contribution in [-0.4, -0.2) is 428 Å². The summed E-state index contributed by atoms with van der Waals surface area (Å²) in [5.41, 5.74) is 2.38. The maximum Gasteiger partial charge on any atom is 0.332 e. The average molecular weight is 1990 g/mol. The van der Waals surface area contributed by atoms with E-state index in [-0.39, 0.29) is 41.0 Å². The van der Waals surface area contributed by atoms with Gasteiger partial charge in [0.15, 0.2) is 23.8 Å². The molecule has 0 bridgehead atoms.